The van der Waals surface area contributed by atoms with Gasteiger partial charge < -0.3 is 10.6 Å². The molecule has 0 aliphatic rings. The van der Waals surface area contributed by atoms with E-state index in [1.54, 1.807) is 14.1 Å². The van der Waals surface area contributed by atoms with Crippen LogP contribution in [0, 0.1) is 0 Å². The highest BCUT2D eigenvalue weighted by molar-refractivity contribution is 7.80. The molecule has 0 aliphatic carbocycles. The van der Waals surface area contributed by atoms with Crippen molar-refractivity contribution >= 4 is 29.7 Å². The molecule has 0 aromatic rings. The molecule has 4 heteroatoms. The van der Waals surface area contributed by atoms with E-state index in [0.29, 0.717) is 5.11 Å². The Morgan fingerprint density at radius 1 is 1.29 bits per heavy atom. The molecule has 7 heavy (non-hydrogen) atoms. The van der Waals surface area contributed by atoms with Gasteiger partial charge in [0.25, 0.3) is 0 Å². The topological polar surface area (TPSA) is 24.1 Å². The summed E-state index contributed by atoms with van der Waals surface area (Å²) in [6.07, 6.45) is 0. The average molecular weight is 141 g/mol. The second kappa shape index (κ2) is 5.98. The van der Waals surface area contributed by atoms with Gasteiger partial charge in [0.2, 0.25) is 0 Å². The Kier molecular flexibility index (Phi) is 8.60. The van der Waals surface area contributed by atoms with Crippen molar-refractivity contribution in [1.82, 2.24) is 10.6 Å². The monoisotopic (exact) mass is 140 g/mol. The number of halogens is 1. The summed E-state index contributed by atoms with van der Waals surface area (Å²) in [5.74, 6) is 0. The summed E-state index contributed by atoms with van der Waals surface area (Å²) >= 11 is 4.63. The summed E-state index contributed by atoms with van der Waals surface area (Å²) < 4.78 is 0. The molecule has 0 amide bonds. The number of hydrogen-bond donors (Lipinski definition) is 2. The lowest BCUT2D eigenvalue weighted by Crippen LogP contribution is -2.28. The molecule has 0 aromatic heterocycles. The van der Waals surface area contributed by atoms with E-state index in [2.05, 4.69) is 22.9 Å². The van der Waals surface area contributed by atoms with Crippen LogP contribution in [0.25, 0.3) is 0 Å². The molecular formula is C3H9ClN2S. The Balaban J connectivity index is 0. The minimum Gasteiger partial charge on any atom is -0.366 e. The van der Waals surface area contributed by atoms with Gasteiger partial charge in [0.05, 0.1) is 0 Å². The molecule has 0 saturated heterocycles. The molecule has 0 fully saturated rings. The van der Waals surface area contributed by atoms with Gasteiger partial charge in [0, 0.05) is 14.1 Å². The first-order chi connectivity index (χ1) is 2.81. The van der Waals surface area contributed by atoms with Gasteiger partial charge in [0.15, 0.2) is 5.11 Å². The van der Waals surface area contributed by atoms with Crippen LogP contribution in [0.1, 0.15) is 0 Å². The van der Waals surface area contributed by atoms with E-state index in [-0.39, 0.29) is 12.4 Å². The molecule has 0 bridgehead atoms. The summed E-state index contributed by atoms with van der Waals surface area (Å²) in [5.41, 5.74) is 0. The average Bonchev–Trinajstić information content (AvgIpc) is 1.65. The van der Waals surface area contributed by atoms with Crippen LogP contribution in [-0.4, -0.2) is 19.2 Å². The fourth-order valence-electron chi connectivity index (χ4n) is 0.125. The van der Waals surface area contributed by atoms with Gasteiger partial charge >= 0.3 is 0 Å². The molecule has 0 saturated carbocycles. The first kappa shape index (κ1) is 10.1. The van der Waals surface area contributed by atoms with Gasteiger partial charge in [-0.15, -0.1) is 12.4 Å². The van der Waals surface area contributed by atoms with Crippen molar-refractivity contribution < 1.29 is 0 Å². The van der Waals surface area contributed by atoms with Gasteiger partial charge in [-0.2, -0.15) is 0 Å². The highest BCUT2D eigenvalue weighted by Gasteiger charge is 1.75. The van der Waals surface area contributed by atoms with Crippen LogP contribution < -0.4 is 10.6 Å². The molecule has 44 valence electrons. The Morgan fingerprint density at radius 2 is 1.57 bits per heavy atom. The molecule has 2 N–H and O–H groups in total. The van der Waals surface area contributed by atoms with Gasteiger partial charge in [-0.05, 0) is 12.2 Å². The number of hydrogen-bond acceptors (Lipinski definition) is 1. The highest BCUT2D eigenvalue weighted by Crippen LogP contribution is 1.52. The van der Waals surface area contributed by atoms with Gasteiger partial charge in [-0.3, -0.25) is 0 Å². The Hall–Kier alpha value is -0.0200. The third-order valence-corrected chi connectivity index (χ3v) is 0.862. The summed E-state index contributed by atoms with van der Waals surface area (Å²) in [6, 6.07) is 0. The van der Waals surface area contributed by atoms with Crippen LogP contribution in [0.2, 0.25) is 0 Å². The lowest BCUT2D eigenvalue weighted by Gasteiger charge is -1.95. The fraction of sp³-hybridized carbons (Fsp3) is 0.667. The second-order valence-electron chi connectivity index (χ2n) is 0.829. The van der Waals surface area contributed by atoms with Gasteiger partial charge in [-0.25, -0.2) is 0 Å². The molecule has 0 rings (SSSR count). The molecule has 0 unspecified atom stereocenters. The zero-order chi connectivity index (χ0) is 4.99. The van der Waals surface area contributed by atoms with E-state index >= 15 is 0 Å². The second-order valence-corrected chi connectivity index (χ2v) is 1.24. The Bertz CT molecular complexity index is 50.9. The smallest absolute Gasteiger partial charge is 0.165 e. The van der Waals surface area contributed by atoms with Crippen molar-refractivity contribution in [3.8, 4) is 0 Å². The molecule has 0 heterocycles. The van der Waals surface area contributed by atoms with Crippen LogP contribution in [0.5, 0.6) is 0 Å². The Morgan fingerprint density at radius 3 is 1.57 bits per heavy atom. The van der Waals surface area contributed by atoms with Crippen molar-refractivity contribution in [2.24, 2.45) is 0 Å². The number of rotatable bonds is 0. The van der Waals surface area contributed by atoms with Crippen molar-refractivity contribution in [3.05, 3.63) is 0 Å². The molecule has 0 spiro atoms. The zero-order valence-electron chi connectivity index (χ0n) is 4.32. The van der Waals surface area contributed by atoms with Crippen molar-refractivity contribution in [2.75, 3.05) is 14.1 Å². The van der Waals surface area contributed by atoms with Crippen LogP contribution in [0.15, 0.2) is 0 Å². The van der Waals surface area contributed by atoms with Crippen molar-refractivity contribution in [2.45, 2.75) is 0 Å². The quantitative estimate of drug-likeness (QED) is 0.468. The number of nitrogens with one attached hydrogen (secondary N) is 2. The molecule has 0 aliphatic heterocycles. The maximum absolute atomic E-state index is 4.63. The van der Waals surface area contributed by atoms with E-state index in [4.69, 9.17) is 0 Å². The first-order valence-electron chi connectivity index (χ1n) is 1.70. The molecule has 0 aromatic carbocycles. The normalized spacial score (nSPS) is 6.00. The maximum atomic E-state index is 4.63. The standard InChI is InChI=1S/C3H8N2S.ClH/c1-4-3(6)5-2;/h1-2H3,(H2,4,5,6);1H. The minimum atomic E-state index is 0. The summed E-state index contributed by atoms with van der Waals surface area (Å²) in [7, 11) is 3.55. The van der Waals surface area contributed by atoms with E-state index in [1.807, 2.05) is 0 Å². The molecule has 2 nitrogen and oxygen atoms in total. The SMILES string of the molecule is CNC(=S)NC.Cl. The summed E-state index contributed by atoms with van der Waals surface area (Å²) in [4.78, 5) is 0. The molecule has 0 atom stereocenters. The fourth-order valence-corrected chi connectivity index (χ4v) is 0.125. The van der Waals surface area contributed by atoms with Crippen LogP contribution >= 0.6 is 24.6 Å². The van der Waals surface area contributed by atoms with E-state index in [0.717, 1.165) is 0 Å². The lowest BCUT2D eigenvalue weighted by atomic mass is 11.0. The van der Waals surface area contributed by atoms with Crippen molar-refractivity contribution in [3.63, 3.8) is 0 Å². The third-order valence-electron chi connectivity index (χ3n) is 0.454. The van der Waals surface area contributed by atoms with Crippen LogP contribution in [0.4, 0.5) is 0 Å². The van der Waals surface area contributed by atoms with Gasteiger partial charge in [-0.1, -0.05) is 0 Å². The minimum absolute atomic E-state index is 0. The molecular weight excluding hydrogens is 132 g/mol. The Labute approximate surface area is 55.1 Å². The first-order valence-corrected chi connectivity index (χ1v) is 2.11. The predicted octanol–water partition coefficient (Wildman–Crippen LogP) is 0.132. The van der Waals surface area contributed by atoms with Crippen molar-refractivity contribution in [1.29, 1.82) is 0 Å². The van der Waals surface area contributed by atoms with Crippen LogP contribution in [-0.2, 0) is 0 Å². The lowest BCUT2D eigenvalue weighted by molar-refractivity contribution is 1.06. The highest BCUT2D eigenvalue weighted by atomic mass is 35.5. The molecule has 0 radical (unpaired) electrons. The van der Waals surface area contributed by atoms with E-state index in [1.165, 1.54) is 0 Å². The summed E-state index contributed by atoms with van der Waals surface area (Å²) in [6.45, 7) is 0. The summed E-state index contributed by atoms with van der Waals surface area (Å²) in [5, 5.41) is 6.15. The zero-order valence-corrected chi connectivity index (χ0v) is 5.95. The number of thiocarbonyl (C=S) groups is 1. The largest absolute Gasteiger partial charge is 0.366 e. The van der Waals surface area contributed by atoms with E-state index in [9.17, 15) is 0 Å². The van der Waals surface area contributed by atoms with Gasteiger partial charge in [0.1, 0.15) is 0 Å². The predicted molar refractivity (Wildman–Crippen MR) is 38.0 cm³/mol. The van der Waals surface area contributed by atoms with E-state index < -0.39 is 0 Å². The maximum Gasteiger partial charge on any atom is 0.165 e. The third kappa shape index (κ3) is 5.98. The van der Waals surface area contributed by atoms with Crippen LogP contribution in [0.3, 0.4) is 0 Å².